The molecule has 0 amide bonds. The van der Waals surface area contributed by atoms with E-state index >= 15 is 0 Å². The second-order valence-corrected chi connectivity index (χ2v) is 4.34. The zero-order valence-electron chi connectivity index (χ0n) is 11.1. The summed E-state index contributed by atoms with van der Waals surface area (Å²) in [5.41, 5.74) is 0. The molecule has 1 unspecified atom stereocenters. The summed E-state index contributed by atoms with van der Waals surface area (Å²) in [6.07, 6.45) is 15.7. The Morgan fingerprint density at radius 3 is 2.56 bits per heavy atom. The van der Waals surface area contributed by atoms with Crippen LogP contribution in [-0.2, 0) is 4.74 Å². The highest BCUT2D eigenvalue weighted by molar-refractivity contribution is 4.83. The molecule has 0 aromatic rings. The summed E-state index contributed by atoms with van der Waals surface area (Å²) in [6, 6.07) is 0. The molecule has 0 fully saturated rings. The van der Waals surface area contributed by atoms with Crippen molar-refractivity contribution in [3.63, 3.8) is 0 Å². The van der Waals surface area contributed by atoms with Crippen LogP contribution >= 0.6 is 0 Å². The molecule has 1 nitrogen and oxygen atoms in total. The lowest BCUT2D eigenvalue weighted by Gasteiger charge is -2.07. The van der Waals surface area contributed by atoms with Crippen LogP contribution in [0.5, 0.6) is 0 Å². The van der Waals surface area contributed by atoms with E-state index in [2.05, 4.69) is 32.6 Å². The maximum Gasteiger partial charge on any atom is 0.0648 e. The summed E-state index contributed by atoms with van der Waals surface area (Å²) in [6.45, 7) is 8.65. The van der Waals surface area contributed by atoms with Crippen LogP contribution in [0.1, 0.15) is 58.8 Å². The van der Waals surface area contributed by atoms with Gasteiger partial charge < -0.3 is 4.74 Å². The van der Waals surface area contributed by atoms with Crippen LogP contribution in [0.4, 0.5) is 0 Å². The fourth-order valence-electron chi connectivity index (χ4n) is 1.57. The van der Waals surface area contributed by atoms with Gasteiger partial charge in [-0.1, -0.05) is 50.8 Å². The van der Waals surface area contributed by atoms with Gasteiger partial charge in [0.2, 0.25) is 0 Å². The predicted octanol–water partition coefficient (Wildman–Crippen LogP) is 4.88. The molecular formula is C15H28O. The Bertz CT molecular complexity index is 172. The van der Waals surface area contributed by atoms with Gasteiger partial charge in [-0.2, -0.15) is 0 Å². The Labute approximate surface area is 102 Å². The summed E-state index contributed by atoms with van der Waals surface area (Å²) < 4.78 is 5.48. The van der Waals surface area contributed by atoms with Crippen molar-refractivity contribution >= 4 is 0 Å². The van der Waals surface area contributed by atoms with Crippen LogP contribution in [0.15, 0.2) is 24.8 Å². The largest absolute Gasteiger partial charge is 0.374 e. The Hall–Kier alpha value is -0.560. The van der Waals surface area contributed by atoms with Gasteiger partial charge in [-0.25, -0.2) is 0 Å². The van der Waals surface area contributed by atoms with Gasteiger partial charge in [0.15, 0.2) is 0 Å². The van der Waals surface area contributed by atoms with E-state index in [1.807, 2.05) is 0 Å². The molecule has 16 heavy (non-hydrogen) atoms. The minimum atomic E-state index is 0.314. The van der Waals surface area contributed by atoms with Crippen LogP contribution < -0.4 is 0 Å². The van der Waals surface area contributed by atoms with Gasteiger partial charge in [-0.15, -0.1) is 6.58 Å². The van der Waals surface area contributed by atoms with Crippen molar-refractivity contribution < 1.29 is 4.74 Å². The molecule has 0 saturated carbocycles. The average molecular weight is 224 g/mol. The Kier molecular flexibility index (Phi) is 12.1. The summed E-state index contributed by atoms with van der Waals surface area (Å²) in [4.78, 5) is 0. The van der Waals surface area contributed by atoms with Gasteiger partial charge >= 0.3 is 0 Å². The van der Waals surface area contributed by atoms with E-state index < -0.39 is 0 Å². The van der Waals surface area contributed by atoms with Gasteiger partial charge in [0.1, 0.15) is 0 Å². The number of ether oxygens (including phenoxy) is 1. The van der Waals surface area contributed by atoms with Crippen molar-refractivity contribution in [2.75, 3.05) is 6.61 Å². The third kappa shape index (κ3) is 11.5. The molecule has 94 valence electrons. The monoisotopic (exact) mass is 224 g/mol. The van der Waals surface area contributed by atoms with E-state index in [-0.39, 0.29) is 0 Å². The van der Waals surface area contributed by atoms with Crippen molar-refractivity contribution in [2.45, 2.75) is 64.9 Å². The van der Waals surface area contributed by atoms with E-state index in [1.165, 1.54) is 38.5 Å². The average Bonchev–Trinajstić information content (AvgIpc) is 2.30. The van der Waals surface area contributed by atoms with E-state index in [9.17, 15) is 0 Å². The molecule has 0 bridgehead atoms. The molecule has 0 aliphatic carbocycles. The molecule has 1 atom stereocenters. The van der Waals surface area contributed by atoms with E-state index in [1.54, 1.807) is 6.08 Å². The molecule has 0 rings (SSSR count). The summed E-state index contributed by atoms with van der Waals surface area (Å²) in [5, 5.41) is 0. The molecule has 0 aliphatic rings. The lowest BCUT2D eigenvalue weighted by Crippen LogP contribution is -2.06. The zero-order chi connectivity index (χ0) is 12.1. The van der Waals surface area contributed by atoms with Crippen molar-refractivity contribution in [1.29, 1.82) is 0 Å². The highest BCUT2D eigenvalue weighted by atomic mass is 16.5. The van der Waals surface area contributed by atoms with Crippen LogP contribution in [0.2, 0.25) is 0 Å². The van der Waals surface area contributed by atoms with Crippen molar-refractivity contribution in [1.82, 2.24) is 0 Å². The lowest BCUT2D eigenvalue weighted by molar-refractivity contribution is 0.0908. The Morgan fingerprint density at radius 1 is 1.12 bits per heavy atom. The molecule has 0 aromatic carbocycles. The fourth-order valence-corrected chi connectivity index (χ4v) is 1.57. The molecule has 0 aliphatic heterocycles. The van der Waals surface area contributed by atoms with Gasteiger partial charge in [-0.05, 0) is 26.2 Å². The van der Waals surface area contributed by atoms with E-state index in [0.717, 1.165) is 6.42 Å². The maximum atomic E-state index is 5.48. The summed E-state index contributed by atoms with van der Waals surface area (Å²) >= 11 is 0. The van der Waals surface area contributed by atoms with Gasteiger partial charge in [0.25, 0.3) is 0 Å². The van der Waals surface area contributed by atoms with Crippen molar-refractivity contribution in [3.8, 4) is 0 Å². The lowest BCUT2D eigenvalue weighted by atomic mass is 10.1. The molecule has 0 N–H and O–H groups in total. The molecular weight excluding hydrogens is 196 g/mol. The molecule has 0 saturated heterocycles. The minimum absolute atomic E-state index is 0.314. The first kappa shape index (κ1) is 15.4. The maximum absolute atomic E-state index is 5.48. The summed E-state index contributed by atoms with van der Waals surface area (Å²) in [5.74, 6) is 0. The molecule has 0 spiro atoms. The molecule has 0 aromatic heterocycles. The summed E-state index contributed by atoms with van der Waals surface area (Å²) in [7, 11) is 0. The Balaban J connectivity index is 3.23. The van der Waals surface area contributed by atoms with Gasteiger partial charge in [0.05, 0.1) is 12.7 Å². The quantitative estimate of drug-likeness (QED) is 0.359. The zero-order valence-corrected chi connectivity index (χ0v) is 11.1. The smallest absolute Gasteiger partial charge is 0.0648 e. The molecule has 1 heteroatoms. The van der Waals surface area contributed by atoms with Crippen molar-refractivity contribution in [2.24, 2.45) is 0 Å². The minimum Gasteiger partial charge on any atom is -0.374 e. The van der Waals surface area contributed by atoms with Crippen LogP contribution in [0.25, 0.3) is 0 Å². The standard InChI is InChI=1S/C15H28O/c1-4-6-7-8-9-10-11-12-13-15(3)16-14-5-2/h5,11-12,15H,2,4,6-10,13-14H2,1,3H3/b12-11-. The van der Waals surface area contributed by atoms with E-state index in [4.69, 9.17) is 4.74 Å². The second-order valence-electron chi connectivity index (χ2n) is 4.34. The van der Waals surface area contributed by atoms with Crippen LogP contribution in [0.3, 0.4) is 0 Å². The third-order valence-corrected chi connectivity index (χ3v) is 2.61. The fraction of sp³-hybridized carbons (Fsp3) is 0.733. The predicted molar refractivity (Wildman–Crippen MR) is 72.7 cm³/mol. The number of rotatable bonds is 11. The highest BCUT2D eigenvalue weighted by Gasteiger charge is 1.96. The SMILES string of the molecule is C=CCOC(C)C/C=C\CCCCCCC. The number of allylic oxidation sites excluding steroid dienone is 1. The topological polar surface area (TPSA) is 9.23 Å². The number of unbranched alkanes of at least 4 members (excludes halogenated alkanes) is 5. The second kappa shape index (κ2) is 12.5. The highest BCUT2D eigenvalue weighted by Crippen LogP contribution is 2.06. The Morgan fingerprint density at radius 2 is 1.88 bits per heavy atom. The molecule has 0 radical (unpaired) electrons. The van der Waals surface area contributed by atoms with Crippen molar-refractivity contribution in [3.05, 3.63) is 24.8 Å². The van der Waals surface area contributed by atoms with Crippen LogP contribution in [-0.4, -0.2) is 12.7 Å². The first-order valence-electron chi connectivity index (χ1n) is 6.68. The van der Waals surface area contributed by atoms with Crippen LogP contribution in [0, 0.1) is 0 Å². The number of hydrogen-bond acceptors (Lipinski definition) is 1. The molecule has 0 heterocycles. The first-order valence-corrected chi connectivity index (χ1v) is 6.68. The number of hydrogen-bond donors (Lipinski definition) is 0. The van der Waals surface area contributed by atoms with E-state index in [0.29, 0.717) is 12.7 Å². The van der Waals surface area contributed by atoms with Gasteiger partial charge in [0, 0.05) is 0 Å². The first-order chi connectivity index (χ1) is 7.81. The van der Waals surface area contributed by atoms with Gasteiger partial charge in [-0.3, -0.25) is 0 Å². The normalized spacial score (nSPS) is 13.1. The third-order valence-electron chi connectivity index (χ3n) is 2.61.